The quantitative estimate of drug-likeness (QED) is 0.830. The van der Waals surface area contributed by atoms with Crippen molar-refractivity contribution >= 4 is 11.4 Å². The molecule has 0 aliphatic heterocycles. The molecule has 2 rings (SSSR count). The average Bonchev–Trinajstić information content (AvgIpc) is 2.35. The topological polar surface area (TPSA) is 37.0 Å². The van der Waals surface area contributed by atoms with E-state index in [9.17, 15) is 0 Å². The van der Waals surface area contributed by atoms with Crippen molar-refractivity contribution in [3.63, 3.8) is 0 Å². The van der Waals surface area contributed by atoms with Crippen molar-refractivity contribution in [3.05, 3.63) is 18.5 Å². The maximum atomic E-state index is 4.31. The third-order valence-electron chi connectivity index (χ3n) is 3.89. The van der Waals surface area contributed by atoms with Crippen molar-refractivity contribution in [1.29, 1.82) is 0 Å². The molecule has 1 atom stereocenters. The lowest BCUT2D eigenvalue weighted by Gasteiger charge is -2.36. The van der Waals surface area contributed by atoms with E-state index >= 15 is 0 Å². The maximum Gasteiger partial charge on any atom is 0.0549 e. The number of anilines is 2. The lowest BCUT2D eigenvalue weighted by molar-refractivity contribution is 0.229. The van der Waals surface area contributed by atoms with Gasteiger partial charge < -0.3 is 10.6 Å². The van der Waals surface area contributed by atoms with Gasteiger partial charge in [-0.2, -0.15) is 0 Å². The molecule has 1 aromatic heterocycles. The van der Waals surface area contributed by atoms with Crippen LogP contribution in [0.5, 0.6) is 0 Å². The Morgan fingerprint density at radius 2 is 2.11 bits per heavy atom. The van der Waals surface area contributed by atoms with E-state index in [4.69, 9.17) is 0 Å². The summed E-state index contributed by atoms with van der Waals surface area (Å²) in [4.78, 5) is 4.31. The predicted molar refractivity (Wildman–Crippen MR) is 82.7 cm³/mol. The molecule has 1 aliphatic rings. The van der Waals surface area contributed by atoms with E-state index in [0.29, 0.717) is 11.5 Å². The summed E-state index contributed by atoms with van der Waals surface area (Å²) in [5.74, 6) is 0. The Hall–Kier alpha value is -1.25. The van der Waals surface area contributed by atoms with E-state index in [0.717, 1.165) is 24.3 Å². The minimum atomic E-state index is 0.474. The van der Waals surface area contributed by atoms with Gasteiger partial charge in [0.25, 0.3) is 0 Å². The Bertz CT molecular complexity index is 401. The van der Waals surface area contributed by atoms with Gasteiger partial charge >= 0.3 is 0 Å². The molecule has 0 amide bonds. The highest BCUT2D eigenvalue weighted by Gasteiger charge is 2.27. The lowest BCUT2D eigenvalue weighted by Crippen LogP contribution is -2.31. The molecule has 1 heterocycles. The largest absolute Gasteiger partial charge is 0.384 e. The summed E-state index contributed by atoms with van der Waals surface area (Å²) in [6, 6.07) is 2.76. The standard InChI is InChI=1S/C16H27N3/c1-4-8-18-14-9-15(12-17-11-14)19-13-6-5-7-16(2,3)10-13/h9,11-13,18-19H,4-8,10H2,1-3H3. The summed E-state index contributed by atoms with van der Waals surface area (Å²) >= 11 is 0. The zero-order valence-electron chi connectivity index (χ0n) is 12.5. The van der Waals surface area contributed by atoms with Gasteiger partial charge in [0.2, 0.25) is 0 Å². The third kappa shape index (κ3) is 4.41. The van der Waals surface area contributed by atoms with Gasteiger partial charge in [-0.1, -0.05) is 27.2 Å². The Kier molecular flexibility index (Phi) is 4.67. The van der Waals surface area contributed by atoms with Gasteiger partial charge in [-0.3, -0.25) is 4.98 Å². The minimum Gasteiger partial charge on any atom is -0.384 e. The molecule has 106 valence electrons. The van der Waals surface area contributed by atoms with Crippen molar-refractivity contribution in [3.8, 4) is 0 Å². The van der Waals surface area contributed by atoms with Gasteiger partial charge in [0.05, 0.1) is 23.8 Å². The van der Waals surface area contributed by atoms with Crippen molar-refractivity contribution in [2.24, 2.45) is 5.41 Å². The molecule has 0 saturated heterocycles. The minimum absolute atomic E-state index is 0.474. The monoisotopic (exact) mass is 261 g/mol. The number of rotatable bonds is 5. The fourth-order valence-corrected chi connectivity index (χ4v) is 2.94. The molecule has 0 radical (unpaired) electrons. The molecule has 2 N–H and O–H groups in total. The van der Waals surface area contributed by atoms with Gasteiger partial charge in [0.15, 0.2) is 0 Å². The highest BCUT2D eigenvalue weighted by Crippen LogP contribution is 2.36. The van der Waals surface area contributed by atoms with Crippen LogP contribution in [0.15, 0.2) is 18.5 Å². The molecular weight excluding hydrogens is 234 g/mol. The zero-order valence-corrected chi connectivity index (χ0v) is 12.5. The molecule has 1 fully saturated rings. The highest BCUT2D eigenvalue weighted by atomic mass is 15.0. The molecule has 1 aliphatic carbocycles. The van der Waals surface area contributed by atoms with Gasteiger partial charge in [-0.05, 0) is 37.2 Å². The van der Waals surface area contributed by atoms with E-state index in [2.05, 4.69) is 42.5 Å². The fourth-order valence-electron chi connectivity index (χ4n) is 2.94. The Balaban J connectivity index is 1.94. The summed E-state index contributed by atoms with van der Waals surface area (Å²) < 4.78 is 0. The van der Waals surface area contributed by atoms with Gasteiger partial charge in [-0.15, -0.1) is 0 Å². The van der Waals surface area contributed by atoms with E-state index in [1.807, 2.05) is 12.4 Å². The number of hydrogen-bond acceptors (Lipinski definition) is 3. The third-order valence-corrected chi connectivity index (χ3v) is 3.89. The summed E-state index contributed by atoms with van der Waals surface area (Å²) in [6.07, 6.45) is 10.2. The first-order chi connectivity index (χ1) is 9.09. The van der Waals surface area contributed by atoms with Crippen LogP contribution < -0.4 is 10.6 Å². The summed E-state index contributed by atoms with van der Waals surface area (Å²) in [6.45, 7) is 7.92. The Labute approximate surface area is 117 Å². The zero-order chi connectivity index (χ0) is 13.7. The van der Waals surface area contributed by atoms with Crippen molar-refractivity contribution in [1.82, 2.24) is 4.98 Å². The van der Waals surface area contributed by atoms with Crippen LogP contribution in [0.2, 0.25) is 0 Å². The summed E-state index contributed by atoms with van der Waals surface area (Å²) in [7, 11) is 0. The van der Waals surface area contributed by atoms with Gasteiger partial charge in [-0.25, -0.2) is 0 Å². The maximum absolute atomic E-state index is 4.31. The first-order valence-corrected chi connectivity index (χ1v) is 7.54. The SMILES string of the molecule is CCCNc1cncc(NC2CCCC(C)(C)C2)c1. The van der Waals surface area contributed by atoms with Gasteiger partial charge in [0, 0.05) is 12.6 Å². The second-order valence-electron chi connectivity index (χ2n) is 6.49. The van der Waals surface area contributed by atoms with Crippen molar-refractivity contribution in [2.45, 2.75) is 58.9 Å². The molecular formula is C16H27N3. The fraction of sp³-hybridized carbons (Fsp3) is 0.688. The van der Waals surface area contributed by atoms with Crippen LogP contribution >= 0.6 is 0 Å². The molecule has 0 bridgehead atoms. The lowest BCUT2D eigenvalue weighted by atomic mass is 9.75. The molecule has 0 spiro atoms. The average molecular weight is 261 g/mol. The van der Waals surface area contributed by atoms with Crippen LogP contribution in [-0.2, 0) is 0 Å². The second-order valence-corrected chi connectivity index (χ2v) is 6.49. The Morgan fingerprint density at radius 3 is 2.84 bits per heavy atom. The van der Waals surface area contributed by atoms with Crippen molar-refractivity contribution in [2.75, 3.05) is 17.2 Å². The second kappa shape index (κ2) is 6.27. The first-order valence-electron chi connectivity index (χ1n) is 7.54. The van der Waals surface area contributed by atoms with Crippen LogP contribution in [0.4, 0.5) is 11.4 Å². The summed E-state index contributed by atoms with van der Waals surface area (Å²) in [5.41, 5.74) is 2.73. The van der Waals surface area contributed by atoms with Gasteiger partial charge in [0.1, 0.15) is 0 Å². The molecule has 0 aromatic carbocycles. The molecule has 19 heavy (non-hydrogen) atoms. The van der Waals surface area contributed by atoms with Crippen LogP contribution in [0, 0.1) is 5.41 Å². The van der Waals surface area contributed by atoms with Crippen molar-refractivity contribution < 1.29 is 0 Å². The first kappa shape index (κ1) is 14.2. The molecule has 1 unspecified atom stereocenters. The number of hydrogen-bond donors (Lipinski definition) is 2. The van der Waals surface area contributed by atoms with E-state index in [1.165, 1.54) is 25.7 Å². The van der Waals surface area contributed by atoms with Crippen LogP contribution in [-0.4, -0.2) is 17.6 Å². The van der Waals surface area contributed by atoms with Crippen LogP contribution in [0.3, 0.4) is 0 Å². The number of pyridine rings is 1. The normalized spacial score (nSPS) is 21.9. The van der Waals surface area contributed by atoms with Crippen LogP contribution in [0.1, 0.15) is 52.9 Å². The number of nitrogens with zero attached hydrogens (tertiary/aromatic N) is 1. The molecule has 1 aromatic rings. The highest BCUT2D eigenvalue weighted by molar-refractivity contribution is 5.54. The van der Waals surface area contributed by atoms with E-state index in [-0.39, 0.29) is 0 Å². The predicted octanol–water partition coefficient (Wildman–Crippen LogP) is 4.28. The molecule has 3 nitrogen and oxygen atoms in total. The van der Waals surface area contributed by atoms with Crippen LogP contribution in [0.25, 0.3) is 0 Å². The van der Waals surface area contributed by atoms with E-state index < -0.39 is 0 Å². The number of aromatic nitrogens is 1. The number of nitrogens with one attached hydrogen (secondary N) is 2. The molecule has 1 saturated carbocycles. The summed E-state index contributed by atoms with van der Waals surface area (Å²) in [5, 5.41) is 7.04. The molecule has 3 heteroatoms. The Morgan fingerprint density at radius 1 is 1.32 bits per heavy atom. The smallest absolute Gasteiger partial charge is 0.0549 e. The van der Waals surface area contributed by atoms with E-state index in [1.54, 1.807) is 0 Å².